The lowest BCUT2D eigenvalue weighted by Crippen LogP contribution is -2.43. The molecule has 0 aliphatic carbocycles. The minimum atomic E-state index is -0.930. The number of nitrogens with one attached hydrogen (secondary N) is 4. The smallest absolute Gasteiger partial charge is 0.322 e. The van der Waals surface area contributed by atoms with Crippen molar-refractivity contribution in [2.75, 3.05) is 10.6 Å². The summed E-state index contributed by atoms with van der Waals surface area (Å²) in [5.41, 5.74) is 7.59. The van der Waals surface area contributed by atoms with Gasteiger partial charge in [0.05, 0.1) is 0 Å². The number of allylic oxidation sites excluding steroid dienone is 1. The molecular weight excluding hydrogens is 415 g/mol. The van der Waals surface area contributed by atoms with Gasteiger partial charge < -0.3 is 16.1 Å². The fourth-order valence-electron chi connectivity index (χ4n) is 2.22. The largest absolute Gasteiger partial charge is 0.327 e. The molecule has 0 aliphatic heterocycles. The van der Waals surface area contributed by atoms with Gasteiger partial charge in [-0.05, 0) is 56.2 Å². The summed E-state index contributed by atoms with van der Waals surface area (Å²) in [5.74, 6) is -2.24. The second-order valence-electron chi connectivity index (χ2n) is 6.23. The van der Waals surface area contributed by atoms with Crippen molar-refractivity contribution in [1.82, 2.24) is 10.9 Å². The number of amides is 3. The van der Waals surface area contributed by atoms with Gasteiger partial charge in [-0.2, -0.15) is 0 Å². The van der Waals surface area contributed by atoms with Gasteiger partial charge in [-0.25, -0.2) is 0 Å². The van der Waals surface area contributed by atoms with Gasteiger partial charge in [-0.15, -0.1) is 0 Å². The van der Waals surface area contributed by atoms with E-state index in [-0.39, 0.29) is 0 Å². The lowest BCUT2D eigenvalue weighted by molar-refractivity contribution is -0.136. The molecule has 0 bridgehead atoms. The van der Waals surface area contributed by atoms with E-state index < -0.39 is 17.7 Å². The van der Waals surface area contributed by atoms with E-state index in [1.807, 2.05) is 6.92 Å². The molecule has 2 rings (SSSR count). The highest BCUT2D eigenvalue weighted by molar-refractivity contribution is 6.39. The van der Waals surface area contributed by atoms with Gasteiger partial charge >= 0.3 is 11.8 Å². The normalized spacial score (nSPS) is 10.9. The molecule has 2 aromatic carbocycles. The number of rotatable bonds is 5. The van der Waals surface area contributed by atoms with E-state index in [0.717, 1.165) is 11.1 Å². The molecule has 0 saturated carbocycles. The first-order valence-corrected chi connectivity index (χ1v) is 9.31. The van der Waals surface area contributed by atoms with Gasteiger partial charge in [0.2, 0.25) is 5.91 Å². The lowest BCUT2D eigenvalue weighted by Gasteiger charge is -2.11. The monoisotopic (exact) mass is 434 g/mol. The van der Waals surface area contributed by atoms with Crippen LogP contribution in [-0.4, -0.2) is 17.7 Å². The van der Waals surface area contributed by atoms with E-state index in [4.69, 9.17) is 23.2 Å². The van der Waals surface area contributed by atoms with Crippen LogP contribution in [0.5, 0.6) is 0 Å². The van der Waals surface area contributed by atoms with Crippen LogP contribution in [0.3, 0.4) is 0 Å². The molecule has 152 valence electrons. The van der Waals surface area contributed by atoms with Gasteiger partial charge in [-0.3, -0.25) is 19.8 Å². The molecule has 0 unspecified atom stereocenters. The van der Waals surface area contributed by atoms with Crippen LogP contribution >= 0.6 is 23.2 Å². The summed E-state index contributed by atoms with van der Waals surface area (Å²) in [6.07, 6.45) is 1.23. The van der Waals surface area contributed by atoms with Gasteiger partial charge in [0.15, 0.2) is 0 Å². The van der Waals surface area contributed by atoms with Crippen LogP contribution in [0.25, 0.3) is 0 Å². The zero-order valence-electron chi connectivity index (χ0n) is 16.0. The molecule has 3 amide bonds. The summed E-state index contributed by atoms with van der Waals surface area (Å²) in [6.45, 7) is 5.17. The molecule has 29 heavy (non-hydrogen) atoms. The Balaban J connectivity index is 1.88. The molecule has 2 aromatic rings. The van der Waals surface area contributed by atoms with Crippen LogP contribution in [0.15, 0.2) is 48.2 Å². The minimum Gasteiger partial charge on any atom is -0.322 e. The molecule has 0 aromatic heterocycles. The topological polar surface area (TPSA) is 99.3 Å². The number of halogens is 2. The second kappa shape index (κ2) is 9.95. The first-order valence-electron chi connectivity index (χ1n) is 8.55. The molecule has 9 heteroatoms. The zero-order valence-corrected chi connectivity index (χ0v) is 17.5. The number of hydrogen-bond acceptors (Lipinski definition) is 4. The molecule has 0 saturated heterocycles. The van der Waals surface area contributed by atoms with Crippen molar-refractivity contribution >= 4 is 52.3 Å². The van der Waals surface area contributed by atoms with E-state index in [0.29, 0.717) is 27.1 Å². The van der Waals surface area contributed by atoms with Gasteiger partial charge in [-0.1, -0.05) is 35.3 Å². The summed E-state index contributed by atoms with van der Waals surface area (Å²) in [7, 11) is 0. The van der Waals surface area contributed by atoms with Crippen LogP contribution in [0.4, 0.5) is 11.4 Å². The molecule has 0 aliphatic rings. The zero-order chi connectivity index (χ0) is 21.6. The van der Waals surface area contributed by atoms with E-state index in [9.17, 15) is 14.4 Å². The van der Waals surface area contributed by atoms with E-state index in [1.165, 1.54) is 6.08 Å². The fourth-order valence-corrected chi connectivity index (χ4v) is 2.57. The third-order valence-corrected chi connectivity index (χ3v) is 4.70. The Labute approximate surface area is 178 Å². The summed E-state index contributed by atoms with van der Waals surface area (Å²) in [6, 6.07) is 10.1. The van der Waals surface area contributed by atoms with Crippen molar-refractivity contribution in [3.8, 4) is 0 Å². The minimum absolute atomic E-state index is 0.321. The van der Waals surface area contributed by atoms with Gasteiger partial charge in [0.25, 0.3) is 0 Å². The third kappa shape index (κ3) is 6.51. The Kier molecular flexibility index (Phi) is 7.64. The van der Waals surface area contributed by atoms with E-state index in [2.05, 4.69) is 21.5 Å². The summed E-state index contributed by atoms with van der Waals surface area (Å²) < 4.78 is 0. The summed E-state index contributed by atoms with van der Waals surface area (Å²) in [4.78, 5) is 35.9. The lowest BCUT2D eigenvalue weighted by atomic mass is 10.2. The molecular formula is C20H20Cl2N4O3. The van der Waals surface area contributed by atoms with Crippen molar-refractivity contribution < 1.29 is 14.4 Å². The Morgan fingerprint density at radius 2 is 1.62 bits per heavy atom. The van der Waals surface area contributed by atoms with Crippen LogP contribution < -0.4 is 21.5 Å². The van der Waals surface area contributed by atoms with Crippen molar-refractivity contribution in [3.63, 3.8) is 0 Å². The molecule has 0 heterocycles. The fraction of sp³-hybridized carbons (Fsp3) is 0.150. The number of hydrogen-bond donors (Lipinski definition) is 4. The van der Waals surface area contributed by atoms with Gasteiger partial charge in [0.1, 0.15) is 0 Å². The van der Waals surface area contributed by atoms with Crippen molar-refractivity contribution in [2.45, 2.75) is 20.8 Å². The average Bonchev–Trinajstić information content (AvgIpc) is 2.66. The highest BCUT2D eigenvalue weighted by atomic mass is 35.5. The van der Waals surface area contributed by atoms with Gasteiger partial charge in [0, 0.05) is 33.2 Å². The second-order valence-corrected chi connectivity index (χ2v) is 7.04. The van der Waals surface area contributed by atoms with Crippen molar-refractivity contribution in [1.29, 1.82) is 0 Å². The number of anilines is 2. The maximum absolute atomic E-state index is 12.1. The first kappa shape index (κ1) is 22.3. The molecule has 4 N–H and O–H groups in total. The third-order valence-electron chi connectivity index (χ3n) is 3.88. The van der Waals surface area contributed by atoms with E-state index >= 15 is 0 Å². The molecule has 0 atom stereocenters. The quantitative estimate of drug-likeness (QED) is 0.327. The number of hydrazine groups is 1. The molecule has 7 nitrogen and oxygen atoms in total. The number of benzene rings is 2. The van der Waals surface area contributed by atoms with Crippen molar-refractivity contribution in [3.05, 3.63) is 69.3 Å². The maximum Gasteiger partial charge on any atom is 0.327 e. The number of aryl methyl sites for hydroxylation is 1. The highest BCUT2D eigenvalue weighted by Crippen LogP contribution is 2.23. The van der Waals surface area contributed by atoms with Crippen LogP contribution in [0.1, 0.15) is 18.1 Å². The maximum atomic E-state index is 12.1. The number of carbonyl (C=O) groups is 3. The Morgan fingerprint density at radius 1 is 0.897 bits per heavy atom. The molecule has 0 spiro atoms. The van der Waals surface area contributed by atoms with Crippen LogP contribution in [0.2, 0.25) is 10.0 Å². The molecule has 0 radical (unpaired) electrons. The first-order chi connectivity index (χ1) is 13.7. The standard InChI is InChI=1S/C20H20Cl2N4O3/c1-11-7-8-14(10-16(11)22)23-19(28)20(29)26-25-12(2)9-18(27)24-17-6-4-5-15(21)13(17)3/h4-10,25H,1-3H3,(H,23,28)(H,24,27)(H,26,29). The Bertz CT molecular complexity index is 990. The number of carbonyl (C=O) groups excluding carboxylic acids is 3. The predicted octanol–water partition coefficient (Wildman–Crippen LogP) is 3.71. The predicted molar refractivity (Wildman–Crippen MR) is 115 cm³/mol. The van der Waals surface area contributed by atoms with Crippen molar-refractivity contribution in [2.24, 2.45) is 0 Å². The summed E-state index contributed by atoms with van der Waals surface area (Å²) in [5, 5.41) is 6.13. The van der Waals surface area contributed by atoms with E-state index in [1.54, 1.807) is 50.2 Å². The molecule has 0 fully saturated rings. The highest BCUT2D eigenvalue weighted by Gasteiger charge is 2.14. The summed E-state index contributed by atoms with van der Waals surface area (Å²) >= 11 is 12.0. The Hall–Kier alpha value is -3.03. The SMILES string of the molecule is CC(=CC(=O)Nc1cccc(Cl)c1C)NNC(=O)C(=O)Nc1ccc(C)c(Cl)c1. The Morgan fingerprint density at radius 3 is 2.31 bits per heavy atom. The van der Waals surface area contributed by atoms with Crippen LogP contribution in [-0.2, 0) is 14.4 Å². The average molecular weight is 435 g/mol. The van der Waals surface area contributed by atoms with Crippen LogP contribution in [0, 0.1) is 13.8 Å².